The lowest BCUT2D eigenvalue weighted by atomic mass is 10.7. The number of ether oxygens (including phenoxy) is 2. The van der Waals surface area contributed by atoms with Crippen LogP contribution in [0.1, 0.15) is 0 Å². The zero-order chi connectivity index (χ0) is 12.2. The molecule has 92 valence electrons. The van der Waals surface area contributed by atoms with Crippen molar-refractivity contribution in [3.63, 3.8) is 0 Å². The van der Waals surface area contributed by atoms with Gasteiger partial charge < -0.3 is 9.47 Å². The Morgan fingerprint density at radius 3 is 2.62 bits per heavy atom. The van der Waals surface area contributed by atoms with Crippen LogP contribution in [0.5, 0.6) is 5.88 Å². The van der Waals surface area contributed by atoms with Gasteiger partial charge >= 0.3 is 0 Å². The lowest BCUT2D eigenvalue weighted by Crippen LogP contribution is -2.22. The molecular formula is C10H19IN2O2Si. The number of halogens is 1. The van der Waals surface area contributed by atoms with E-state index < -0.39 is 8.07 Å². The standard InChI is InChI=1S/C10H19IN2O2Si/c1-14-10-7-9(11)13(12-10)8-15-5-6-16(2,3)4/h7H,5-6,8H2,1-4H3. The SMILES string of the molecule is COc1cc(I)n(COCC[Si](C)(C)C)n1. The van der Waals surface area contributed by atoms with Crippen molar-refractivity contribution in [3.8, 4) is 5.88 Å². The van der Waals surface area contributed by atoms with Crippen LogP contribution in [0, 0.1) is 3.70 Å². The zero-order valence-corrected chi connectivity index (χ0v) is 13.4. The molecule has 0 N–H and O–H groups in total. The Hall–Kier alpha value is -0.0831. The molecule has 0 bridgehead atoms. The first-order valence-electron chi connectivity index (χ1n) is 5.27. The molecule has 1 heterocycles. The summed E-state index contributed by atoms with van der Waals surface area (Å²) >= 11 is 2.22. The van der Waals surface area contributed by atoms with Crippen LogP contribution < -0.4 is 4.74 Å². The molecule has 0 aliphatic rings. The Morgan fingerprint density at radius 2 is 2.12 bits per heavy atom. The maximum absolute atomic E-state index is 5.61. The molecule has 0 aromatic carbocycles. The van der Waals surface area contributed by atoms with Crippen molar-refractivity contribution in [2.45, 2.75) is 32.4 Å². The number of aromatic nitrogens is 2. The molecule has 0 amide bonds. The second-order valence-electron chi connectivity index (χ2n) is 4.86. The van der Waals surface area contributed by atoms with E-state index in [1.807, 2.05) is 10.7 Å². The topological polar surface area (TPSA) is 36.3 Å². The van der Waals surface area contributed by atoms with Gasteiger partial charge in [-0.05, 0) is 28.6 Å². The summed E-state index contributed by atoms with van der Waals surface area (Å²) in [4.78, 5) is 0. The first-order chi connectivity index (χ1) is 7.42. The third kappa shape index (κ3) is 4.83. The lowest BCUT2D eigenvalue weighted by Gasteiger charge is -2.15. The number of hydrogen-bond acceptors (Lipinski definition) is 3. The number of rotatable bonds is 6. The summed E-state index contributed by atoms with van der Waals surface area (Å²) in [6.45, 7) is 8.35. The molecule has 6 heteroatoms. The summed E-state index contributed by atoms with van der Waals surface area (Å²) < 4.78 is 13.5. The Kier molecular flexibility index (Phi) is 5.26. The van der Waals surface area contributed by atoms with Gasteiger partial charge in [0.05, 0.1) is 7.11 Å². The maximum Gasteiger partial charge on any atom is 0.233 e. The van der Waals surface area contributed by atoms with E-state index in [0.29, 0.717) is 12.6 Å². The fourth-order valence-electron chi connectivity index (χ4n) is 1.09. The van der Waals surface area contributed by atoms with E-state index in [-0.39, 0.29) is 0 Å². The van der Waals surface area contributed by atoms with Crippen LogP contribution in [0.15, 0.2) is 6.07 Å². The molecule has 0 aliphatic carbocycles. The molecule has 0 fully saturated rings. The third-order valence-corrected chi connectivity index (χ3v) is 4.70. The first kappa shape index (κ1) is 14.0. The van der Waals surface area contributed by atoms with Gasteiger partial charge in [0.1, 0.15) is 10.4 Å². The highest BCUT2D eigenvalue weighted by Crippen LogP contribution is 2.14. The van der Waals surface area contributed by atoms with E-state index >= 15 is 0 Å². The number of methoxy groups -OCH3 is 1. The molecule has 0 spiro atoms. The van der Waals surface area contributed by atoms with Crippen molar-refractivity contribution >= 4 is 30.7 Å². The molecule has 0 unspecified atom stereocenters. The molecule has 0 aliphatic heterocycles. The highest BCUT2D eigenvalue weighted by Gasteiger charge is 2.12. The maximum atomic E-state index is 5.61. The molecule has 16 heavy (non-hydrogen) atoms. The van der Waals surface area contributed by atoms with E-state index in [2.05, 4.69) is 47.3 Å². The molecule has 4 nitrogen and oxygen atoms in total. The van der Waals surface area contributed by atoms with Crippen LogP contribution in [0.2, 0.25) is 25.7 Å². The van der Waals surface area contributed by atoms with Crippen LogP contribution in [-0.2, 0) is 11.5 Å². The smallest absolute Gasteiger partial charge is 0.233 e. The molecule has 0 saturated carbocycles. The minimum atomic E-state index is -0.992. The van der Waals surface area contributed by atoms with Crippen molar-refractivity contribution in [1.29, 1.82) is 0 Å². The summed E-state index contributed by atoms with van der Waals surface area (Å²) in [5, 5.41) is 4.24. The predicted octanol–water partition coefficient (Wildman–Crippen LogP) is 2.81. The molecule has 0 radical (unpaired) electrons. The quantitative estimate of drug-likeness (QED) is 0.448. The van der Waals surface area contributed by atoms with Crippen LogP contribution in [0.3, 0.4) is 0 Å². The number of nitrogens with zero attached hydrogens (tertiary/aromatic N) is 2. The average Bonchev–Trinajstić information content (AvgIpc) is 2.53. The van der Waals surface area contributed by atoms with Crippen molar-refractivity contribution in [1.82, 2.24) is 9.78 Å². The lowest BCUT2D eigenvalue weighted by molar-refractivity contribution is 0.0759. The minimum Gasteiger partial charge on any atom is -0.480 e. The molecule has 1 aromatic heterocycles. The van der Waals surface area contributed by atoms with Crippen molar-refractivity contribution in [2.75, 3.05) is 13.7 Å². The molecular weight excluding hydrogens is 335 g/mol. The summed E-state index contributed by atoms with van der Waals surface area (Å²) in [6, 6.07) is 3.07. The fraction of sp³-hybridized carbons (Fsp3) is 0.700. The Labute approximate surface area is 111 Å². The molecule has 0 saturated heterocycles. The highest BCUT2D eigenvalue weighted by atomic mass is 127. The average molecular weight is 354 g/mol. The van der Waals surface area contributed by atoms with E-state index in [1.165, 1.54) is 6.04 Å². The molecule has 1 rings (SSSR count). The summed E-state index contributed by atoms with van der Waals surface area (Å²) in [6.07, 6.45) is 0. The minimum absolute atomic E-state index is 0.506. The van der Waals surface area contributed by atoms with Crippen LogP contribution in [0.4, 0.5) is 0 Å². The van der Waals surface area contributed by atoms with E-state index in [1.54, 1.807) is 7.11 Å². The number of hydrogen-bond donors (Lipinski definition) is 0. The van der Waals surface area contributed by atoms with Crippen LogP contribution in [-0.4, -0.2) is 31.6 Å². The van der Waals surface area contributed by atoms with Gasteiger partial charge in [-0.2, -0.15) is 0 Å². The second kappa shape index (κ2) is 6.01. The van der Waals surface area contributed by atoms with Gasteiger partial charge in [-0.1, -0.05) is 19.6 Å². The van der Waals surface area contributed by atoms with Crippen molar-refractivity contribution in [2.24, 2.45) is 0 Å². The van der Waals surface area contributed by atoms with Gasteiger partial charge in [-0.25, -0.2) is 4.68 Å². The zero-order valence-electron chi connectivity index (χ0n) is 10.3. The van der Waals surface area contributed by atoms with Gasteiger partial charge in [0.2, 0.25) is 5.88 Å². The fourth-order valence-corrected chi connectivity index (χ4v) is 2.36. The van der Waals surface area contributed by atoms with Gasteiger partial charge in [-0.3, -0.25) is 0 Å². The van der Waals surface area contributed by atoms with Gasteiger partial charge in [0, 0.05) is 20.7 Å². The monoisotopic (exact) mass is 354 g/mol. The van der Waals surface area contributed by atoms with E-state index in [9.17, 15) is 0 Å². The summed E-state index contributed by atoms with van der Waals surface area (Å²) in [5.74, 6) is 0.637. The first-order valence-corrected chi connectivity index (χ1v) is 10.1. The summed E-state index contributed by atoms with van der Waals surface area (Å²) in [5.41, 5.74) is 0. The van der Waals surface area contributed by atoms with Gasteiger partial charge in [0.15, 0.2) is 0 Å². The normalized spacial score (nSPS) is 11.8. The third-order valence-electron chi connectivity index (χ3n) is 2.13. The van der Waals surface area contributed by atoms with Gasteiger partial charge in [-0.15, -0.1) is 5.10 Å². The largest absolute Gasteiger partial charge is 0.480 e. The van der Waals surface area contributed by atoms with Crippen molar-refractivity contribution < 1.29 is 9.47 Å². The van der Waals surface area contributed by atoms with E-state index in [0.717, 1.165) is 10.3 Å². The highest BCUT2D eigenvalue weighted by molar-refractivity contribution is 14.1. The molecule has 0 atom stereocenters. The summed E-state index contributed by atoms with van der Waals surface area (Å²) in [7, 11) is 0.628. The van der Waals surface area contributed by atoms with Crippen molar-refractivity contribution in [3.05, 3.63) is 9.77 Å². The molecule has 1 aromatic rings. The Balaban J connectivity index is 2.34. The Morgan fingerprint density at radius 1 is 1.44 bits per heavy atom. The predicted molar refractivity (Wildman–Crippen MR) is 75.6 cm³/mol. The van der Waals surface area contributed by atoms with Crippen LogP contribution in [0.25, 0.3) is 0 Å². The van der Waals surface area contributed by atoms with Gasteiger partial charge in [0.25, 0.3) is 0 Å². The van der Waals surface area contributed by atoms with E-state index in [4.69, 9.17) is 9.47 Å². The second-order valence-corrected chi connectivity index (χ2v) is 11.6. The van der Waals surface area contributed by atoms with Crippen LogP contribution >= 0.6 is 22.6 Å². The Bertz CT molecular complexity index is 336.